The summed E-state index contributed by atoms with van der Waals surface area (Å²) in [6.45, 7) is 4.60. The van der Waals surface area contributed by atoms with Crippen molar-refractivity contribution in [3.05, 3.63) is 0 Å². The van der Waals surface area contributed by atoms with Crippen LogP contribution in [-0.2, 0) is 0 Å². The van der Waals surface area contributed by atoms with E-state index in [2.05, 4.69) is 13.8 Å². The first-order valence-electron chi connectivity index (χ1n) is 18.5. The van der Waals surface area contributed by atoms with Crippen molar-refractivity contribution < 1.29 is 4.80 Å². The summed E-state index contributed by atoms with van der Waals surface area (Å²) < 4.78 is 0. The van der Waals surface area contributed by atoms with Crippen LogP contribution in [0.2, 0.25) is 12.1 Å². The van der Waals surface area contributed by atoms with E-state index in [4.69, 9.17) is 0 Å². The summed E-state index contributed by atoms with van der Waals surface area (Å²) in [4.78, 5) is 10.4. The van der Waals surface area contributed by atoms with Crippen molar-refractivity contribution in [2.45, 2.75) is 231 Å². The summed E-state index contributed by atoms with van der Waals surface area (Å²) in [5.74, 6) is 0. The maximum Gasteiger partial charge on any atom is 0.172 e. The minimum Gasteiger partial charge on any atom is -0.435 e. The Balaban J connectivity index is 3.13. The van der Waals surface area contributed by atoms with Gasteiger partial charge in [0.25, 0.3) is 0 Å². The Morgan fingerprint density at radius 1 is 0.263 bits per heavy atom. The average Bonchev–Trinajstić information content (AvgIpc) is 2.92. The number of hydrogen-bond acceptors (Lipinski definition) is 1. The minimum atomic E-state index is -1.39. The van der Waals surface area contributed by atoms with Crippen LogP contribution in [0.15, 0.2) is 0 Å². The minimum absolute atomic E-state index is 1.18. The highest BCUT2D eigenvalue weighted by atomic mass is 28.3. The fourth-order valence-electron chi connectivity index (χ4n) is 6.00. The van der Waals surface area contributed by atoms with Crippen LogP contribution >= 0.6 is 0 Å². The zero-order valence-corrected chi connectivity index (χ0v) is 28.2. The van der Waals surface area contributed by atoms with Gasteiger partial charge in [-0.1, -0.05) is 219 Å². The van der Waals surface area contributed by atoms with Gasteiger partial charge in [-0.2, -0.15) is 0 Å². The molecule has 0 aliphatic heterocycles. The van der Waals surface area contributed by atoms with Gasteiger partial charge in [0.2, 0.25) is 0 Å². The average molecular weight is 553 g/mol. The van der Waals surface area contributed by atoms with Crippen LogP contribution in [0.25, 0.3) is 0 Å². The van der Waals surface area contributed by atoms with Crippen molar-refractivity contribution in [1.82, 2.24) is 0 Å². The van der Waals surface area contributed by atoms with Crippen molar-refractivity contribution >= 4 is 9.04 Å². The first kappa shape index (κ1) is 38.2. The molecule has 0 aliphatic carbocycles. The Kier molecular flexibility index (Phi) is 35.4. The molecule has 0 spiro atoms. The third kappa shape index (κ3) is 34.2. The summed E-state index contributed by atoms with van der Waals surface area (Å²) in [6.07, 6.45) is 45.8. The standard InChI is InChI=1S/C36H76OSi/c1-3-5-7-9-11-13-15-17-19-21-23-25-27-29-31-33-35-38(37)36-34-32-30-28-26-24-22-20-18-16-14-12-10-8-6-4-2/h37-38H,3-36H2,1-2H3. The van der Waals surface area contributed by atoms with Crippen LogP contribution < -0.4 is 0 Å². The van der Waals surface area contributed by atoms with Gasteiger partial charge in [-0.3, -0.25) is 0 Å². The highest BCUT2D eigenvalue weighted by Crippen LogP contribution is 2.17. The van der Waals surface area contributed by atoms with Gasteiger partial charge in [-0.15, -0.1) is 0 Å². The third-order valence-electron chi connectivity index (χ3n) is 8.78. The molecule has 0 radical (unpaired) electrons. The van der Waals surface area contributed by atoms with Gasteiger partial charge >= 0.3 is 0 Å². The molecule has 0 fully saturated rings. The zero-order chi connectivity index (χ0) is 27.6. The van der Waals surface area contributed by atoms with Crippen LogP contribution in [0.4, 0.5) is 0 Å². The molecule has 0 aromatic rings. The molecule has 0 atom stereocenters. The molecule has 2 heteroatoms. The lowest BCUT2D eigenvalue weighted by Gasteiger charge is -2.08. The fraction of sp³-hybridized carbons (Fsp3) is 1.00. The molecule has 0 saturated heterocycles. The lowest BCUT2D eigenvalue weighted by molar-refractivity contribution is 0.522. The van der Waals surface area contributed by atoms with Gasteiger partial charge < -0.3 is 4.80 Å². The van der Waals surface area contributed by atoms with E-state index in [-0.39, 0.29) is 0 Å². The zero-order valence-electron chi connectivity index (χ0n) is 27.1. The maximum absolute atomic E-state index is 10.4. The summed E-state index contributed by atoms with van der Waals surface area (Å²) in [7, 11) is -1.39. The van der Waals surface area contributed by atoms with Crippen LogP contribution in [-0.4, -0.2) is 13.8 Å². The molecule has 0 aromatic carbocycles. The van der Waals surface area contributed by atoms with Gasteiger partial charge in [-0.05, 0) is 12.1 Å². The summed E-state index contributed by atoms with van der Waals surface area (Å²) >= 11 is 0. The second-order valence-electron chi connectivity index (χ2n) is 12.8. The molecule has 0 aliphatic rings. The first-order valence-corrected chi connectivity index (χ1v) is 20.6. The molecule has 0 saturated carbocycles. The number of rotatable bonds is 34. The Morgan fingerprint density at radius 3 is 0.605 bits per heavy atom. The Hall–Kier alpha value is 0.177. The fourth-order valence-corrected chi connectivity index (χ4v) is 7.81. The second kappa shape index (κ2) is 35.2. The molecule has 0 rings (SSSR count). The van der Waals surface area contributed by atoms with Gasteiger partial charge in [0.1, 0.15) is 0 Å². The highest BCUT2D eigenvalue weighted by molar-refractivity contribution is 6.50. The van der Waals surface area contributed by atoms with E-state index in [0.29, 0.717) is 0 Å². The second-order valence-corrected chi connectivity index (χ2v) is 15.3. The van der Waals surface area contributed by atoms with Crippen LogP contribution in [0.1, 0.15) is 219 Å². The van der Waals surface area contributed by atoms with Crippen molar-refractivity contribution in [3.8, 4) is 0 Å². The normalized spacial score (nSPS) is 11.7. The summed E-state index contributed by atoms with van der Waals surface area (Å²) in [5, 5.41) is 0. The van der Waals surface area contributed by atoms with Gasteiger partial charge in [0, 0.05) is 0 Å². The molecule has 0 unspecified atom stereocenters. The predicted molar refractivity (Wildman–Crippen MR) is 178 cm³/mol. The number of hydrogen-bond donors (Lipinski definition) is 1. The van der Waals surface area contributed by atoms with Crippen molar-refractivity contribution in [3.63, 3.8) is 0 Å². The van der Waals surface area contributed by atoms with E-state index in [1.165, 1.54) is 218 Å². The lowest BCUT2D eigenvalue weighted by atomic mass is 10.0. The lowest BCUT2D eigenvalue weighted by Crippen LogP contribution is -2.10. The van der Waals surface area contributed by atoms with Crippen LogP contribution in [0.5, 0.6) is 0 Å². The molecular formula is C36H76OSi. The van der Waals surface area contributed by atoms with Gasteiger partial charge in [-0.25, -0.2) is 0 Å². The maximum atomic E-state index is 10.4. The van der Waals surface area contributed by atoms with E-state index >= 15 is 0 Å². The first-order chi connectivity index (χ1) is 18.8. The summed E-state index contributed by atoms with van der Waals surface area (Å²) in [5.41, 5.74) is 0. The van der Waals surface area contributed by atoms with Gasteiger partial charge in [0.05, 0.1) is 0 Å². The Bertz CT molecular complexity index is 363. The van der Waals surface area contributed by atoms with Crippen molar-refractivity contribution in [2.75, 3.05) is 0 Å². The molecule has 1 nitrogen and oxygen atoms in total. The van der Waals surface area contributed by atoms with Crippen molar-refractivity contribution in [1.29, 1.82) is 0 Å². The molecule has 0 aromatic heterocycles. The molecule has 1 N–H and O–H groups in total. The quantitative estimate of drug-likeness (QED) is 0.0621. The van der Waals surface area contributed by atoms with E-state index < -0.39 is 9.04 Å². The third-order valence-corrected chi connectivity index (χ3v) is 10.9. The molecule has 0 amide bonds. The molecule has 230 valence electrons. The van der Waals surface area contributed by atoms with Crippen LogP contribution in [0.3, 0.4) is 0 Å². The monoisotopic (exact) mass is 553 g/mol. The molecule has 0 heterocycles. The molecule has 0 bridgehead atoms. The SMILES string of the molecule is CCCCCCCCCCCCCCCCCC[SiH](O)CCCCCCCCCCCCCCCCCC. The summed E-state index contributed by atoms with van der Waals surface area (Å²) in [6, 6.07) is 2.36. The van der Waals surface area contributed by atoms with Gasteiger partial charge in [0.15, 0.2) is 9.04 Å². The molecular weight excluding hydrogens is 476 g/mol. The smallest absolute Gasteiger partial charge is 0.172 e. The predicted octanol–water partition coefficient (Wildman–Crippen LogP) is 13.2. The van der Waals surface area contributed by atoms with E-state index in [9.17, 15) is 4.80 Å². The topological polar surface area (TPSA) is 20.2 Å². The van der Waals surface area contributed by atoms with E-state index in [1.807, 2.05) is 0 Å². The van der Waals surface area contributed by atoms with Crippen LogP contribution in [0, 0.1) is 0 Å². The Morgan fingerprint density at radius 2 is 0.421 bits per heavy atom. The molecule has 38 heavy (non-hydrogen) atoms. The highest BCUT2D eigenvalue weighted by Gasteiger charge is 2.06. The van der Waals surface area contributed by atoms with Crippen molar-refractivity contribution in [2.24, 2.45) is 0 Å². The largest absolute Gasteiger partial charge is 0.435 e. The van der Waals surface area contributed by atoms with E-state index in [1.54, 1.807) is 0 Å². The van der Waals surface area contributed by atoms with E-state index in [0.717, 1.165) is 0 Å². The number of unbranched alkanes of at least 4 members (excludes halogenated alkanes) is 30. The Labute approximate surface area is 244 Å².